The van der Waals surface area contributed by atoms with Gasteiger partial charge in [-0.25, -0.2) is 4.98 Å². The van der Waals surface area contributed by atoms with Gasteiger partial charge in [-0.05, 0) is 62.8 Å². The molecule has 29 heavy (non-hydrogen) atoms. The Morgan fingerprint density at radius 1 is 1.34 bits per heavy atom. The van der Waals surface area contributed by atoms with Crippen LogP contribution >= 0.6 is 0 Å². The summed E-state index contributed by atoms with van der Waals surface area (Å²) in [7, 11) is -0.129. The Morgan fingerprint density at radius 3 is 3.14 bits per heavy atom. The summed E-state index contributed by atoms with van der Waals surface area (Å²) < 4.78 is 6.14. The molecule has 152 valence electrons. The molecule has 2 aromatic heterocycles. The molecular formula is C22H29BN4O2. The number of aromatic amines is 1. The van der Waals surface area contributed by atoms with Gasteiger partial charge in [0.15, 0.2) is 0 Å². The minimum atomic E-state index is -0.553. The van der Waals surface area contributed by atoms with Gasteiger partial charge in [-0.3, -0.25) is 0 Å². The molecule has 6 nitrogen and oxygen atoms in total. The van der Waals surface area contributed by atoms with Crippen LogP contribution in [0.5, 0.6) is 0 Å². The Balaban J connectivity index is 1.51. The number of nitrogens with zero attached hydrogens (tertiary/aromatic N) is 3. The Bertz CT molecular complexity index is 984. The molecule has 0 spiro atoms. The second-order valence-electron chi connectivity index (χ2n) is 10.1. The maximum Gasteiger partial charge on any atom is 0.471 e. The van der Waals surface area contributed by atoms with Crippen molar-refractivity contribution in [2.75, 3.05) is 13.2 Å². The Kier molecular flexibility index (Phi) is 3.91. The van der Waals surface area contributed by atoms with Crippen molar-refractivity contribution in [3.63, 3.8) is 0 Å². The van der Waals surface area contributed by atoms with Crippen LogP contribution in [0.15, 0.2) is 23.6 Å². The molecule has 0 amide bonds. The number of hydrazone groups is 1. The van der Waals surface area contributed by atoms with Crippen molar-refractivity contribution < 1.29 is 9.76 Å². The SMILES string of the molecule is C[C@@H]1C[C@@H]2C[C@H](CC(C)(O)C2)[C@H]1C1=NN2CCCOB2c2cnc3[nH]ccc3c21. The summed E-state index contributed by atoms with van der Waals surface area (Å²) >= 11 is 0. The summed E-state index contributed by atoms with van der Waals surface area (Å²) in [4.78, 5) is 10.1. The minimum absolute atomic E-state index is 0.129. The van der Waals surface area contributed by atoms with E-state index in [0.717, 1.165) is 48.9 Å². The van der Waals surface area contributed by atoms with Gasteiger partial charge in [0.25, 0.3) is 0 Å². The van der Waals surface area contributed by atoms with Crippen LogP contribution in [-0.4, -0.2) is 51.5 Å². The number of nitrogens with one attached hydrogen (secondary N) is 1. The third-order valence-electron chi connectivity index (χ3n) is 7.66. The van der Waals surface area contributed by atoms with Gasteiger partial charge < -0.3 is 19.7 Å². The molecule has 6 rings (SSSR count). The lowest BCUT2D eigenvalue weighted by molar-refractivity contribution is -0.0565. The maximum atomic E-state index is 10.9. The van der Waals surface area contributed by atoms with Crippen LogP contribution < -0.4 is 5.46 Å². The smallest absolute Gasteiger partial charge is 0.412 e. The largest absolute Gasteiger partial charge is 0.471 e. The zero-order valence-electron chi connectivity index (χ0n) is 17.3. The van der Waals surface area contributed by atoms with Crippen LogP contribution in [0.2, 0.25) is 0 Å². The number of aromatic nitrogens is 2. The Morgan fingerprint density at radius 2 is 2.24 bits per heavy atom. The van der Waals surface area contributed by atoms with Crippen molar-refractivity contribution >= 4 is 29.3 Å². The lowest BCUT2D eigenvalue weighted by Crippen LogP contribution is -2.58. The first kappa shape index (κ1) is 18.0. The summed E-state index contributed by atoms with van der Waals surface area (Å²) in [5, 5.41) is 17.3. The molecule has 2 aliphatic carbocycles. The molecule has 2 N–H and O–H groups in total. The highest BCUT2D eigenvalue weighted by molar-refractivity contribution is 6.67. The van der Waals surface area contributed by atoms with Gasteiger partial charge in [-0.2, -0.15) is 5.10 Å². The maximum absolute atomic E-state index is 10.9. The summed E-state index contributed by atoms with van der Waals surface area (Å²) in [5.41, 5.74) is 3.93. The predicted molar refractivity (Wildman–Crippen MR) is 114 cm³/mol. The van der Waals surface area contributed by atoms with E-state index in [2.05, 4.69) is 27.9 Å². The van der Waals surface area contributed by atoms with E-state index >= 15 is 0 Å². The van der Waals surface area contributed by atoms with E-state index in [1.54, 1.807) is 0 Å². The zero-order valence-corrected chi connectivity index (χ0v) is 17.3. The first-order chi connectivity index (χ1) is 14.0. The Hall–Kier alpha value is -1.86. The predicted octanol–water partition coefficient (Wildman–Crippen LogP) is 2.52. The summed E-state index contributed by atoms with van der Waals surface area (Å²) in [5.74, 6) is 2.03. The molecule has 4 aliphatic rings. The lowest BCUT2D eigenvalue weighted by Gasteiger charge is -2.50. The van der Waals surface area contributed by atoms with Crippen LogP contribution in [0.1, 0.15) is 51.5 Å². The molecule has 3 fully saturated rings. The number of aliphatic hydroxyl groups is 1. The second kappa shape index (κ2) is 6.32. The zero-order chi connectivity index (χ0) is 19.8. The molecule has 0 aromatic carbocycles. The fourth-order valence-electron chi connectivity index (χ4n) is 6.84. The molecule has 2 aliphatic heterocycles. The molecule has 0 radical (unpaired) electrons. The van der Waals surface area contributed by atoms with Crippen molar-refractivity contribution in [1.29, 1.82) is 0 Å². The standard InChI is InChI=1S/C22H29BN4O2/c1-13-8-14-9-15(11-22(2,28)10-14)18(13)20-19-16-4-5-24-21(16)25-12-17(19)23-27(26-20)6-3-7-29-23/h4-5,12-15,18,28H,3,6-11H2,1-2H3,(H,24,25)/t13-,14-,15-,18+,22?/m1/s1. The number of hydrogen-bond acceptors (Lipinski definition) is 5. The summed E-state index contributed by atoms with van der Waals surface area (Å²) in [6.07, 6.45) is 9.15. The monoisotopic (exact) mass is 392 g/mol. The minimum Gasteiger partial charge on any atom is -0.412 e. The molecule has 4 heterocycles. The van der Waals surface area contributed by atoms with Gasteiger partial charge in [0, 0.05) is 47.9 Å². The molecule has 1 unspecified atom stereocenters. The molecule has 2 aromatic rings. The second-order valence-corrected chi connectivity index (χ2v) is 10.1. The number of pyridine rings is 1. The highest BCUT2D eigenvalue weighted by Crippen LogP contribution is 2.51. The van der Waals surface area contributed by atoms with Crippen LogP contribution in [0.4, 0.5) is 0 Å². The van der Waals surface area contributed by atoms with Gasteiger partial charge in [-0.1, -0.05) is 6.92 Å². The molecule has 7 heteroatoms. The van der Waals surface area contributed by atoms with E-state index < -0.39 is 5.60 Å². The van der Waals surface area contributed by atoms with Gasteiger partial charge in [0.2, 0.25) is 0 Å². The highest BCUT2D eigenvalue weighted by atomic mass is 16.4. The molecule has 2 saturated carbocycles. The normalized spacial score (nSPS) is 36.6. The first-order valence-corrected chi connectivity index (χ1v) is 11.2. The lowest BCUT2D eigenvalue weighted by atomic mass is 9.56. The van der Waals surface area contributed by atoms with E-state index in [9.17, 15) is 5.11 Å². The van der Waals surface area contributed by atoms with E-state index in [1.165, 1.54) is 24.1 Å². The van der Waals surface area contributed by atoms with Crippen molar-refractivity contribution in [2.24, 2.45) is 28.8 Å². The van der Waals surface area contributed by atoms with Crippen molar-refractivity contribution in [1.82, 2.24) is 14.9 Å². The van der Waals surface area contributed by atoms with E-state index in [0.29, 0.717) is 23.7 Å². The highest BCUT2D eigenvalue weighted by Gasteiger charge is 2.49. The quantitative estimate of drug-likeness (QED) is 0.732. The number of fused-ring (bicyclic) bond motifs is 7. The van der Waals surface area contributed by atoms with Gasteiger partial charge in [-0.15, -0.1) is 0 Å². The van der Waals surface area contributed by atoms with Crippen molar-refractivity contribution in [2.45, 2.75) is 51.6 Å². The van der Waals surface area contributed by atoms with Crippen molar-refractivity contribution in [3.05, 3.63) is 24.0 Å². The first-order valence-electron chi connectivity index (χ1n) is 11.2. The molecule has 2 bridgehead atoms. The van der Waals surface area contributed by atoms with Gasteiger partial charge in [0.05, 0.1) is 11.3 Å². The fourth-order valence-corrected chi connectivity index (χ4v) is 6.84. The van der Waals surface area contributed by atoms with E-state index in [-0.39, 0.29) is 7.05 Å². The van der Waals surface area contributed by atoms with Crippen LogP contribution in [0, 0.1) is 23.7 Å². The topological polar surface area (TPSA) is 73.7 Å². The van der Waals surface area contributed by atoms with Gasteiger partial charge in [0.1, 0.15) is 5.65 Å². The average molecular weight is 392 g/mol. The van der Waals surface area contributed by atoms with E-state index in [4.69, 9.17) is 9.76 Å². The third-order valence-corrected chi connectivity index (χ3v) is 7.66. The Labute approximate surface area is 171 Å². The fraction of sp³-hybridized carbons (Fsp3) is 0.636. The van der Waals surface area contributed by atoms with Gasteiger partial charge >= 0.3 is 7.05 Å². The van der Waals surface area contributed by atoms with Crippen molar-refractivity contribution in [3.8, 4) is 0 Å². The summed E-state index contributed by atoms with van der Waals surface area (Å²) in [6.45, 7) is 6.10. The number of H-pyrrole nitrogens is 1. The van der Waals surface area contributed by atoms with Crippen LogP contribution in [0.3, 0.4) is 0 Å². The average Bonchev–Trinajstić information content (AvgIpc) is 3.15. The third kappa shape index (κ3) is 2.77. The van der Waals surface area contributed by atoms with E-state index in [1.807, 2.05) is 19.3 Å². The molecular weight excluding hydrogens is 363 g/mol. The number of rotatable bonds is 1. The molecule has 1 saturated heterocycles. The molecule has 5 atom stereocenters. The summed E-state index contributed by atoms with van der Waals surface area (Å²) in [6, 6.07) is 2.13. The number of hydrogen-bond donors (Lipinski definition) is 2. The van der Waals surface area contributed by atoms with Crippen LogP contribution in [-0.2, 0) is 4.65 Å². The van der Waals surface area contributed by atoms with Crippen LogP contribution in [0.25, 0.3) is 11.0 Å².